The van der Waals surface area contributed by atoms with Crippen molar-refractivity contribution >= 4 is 11.6 Å². The van der Waals surface area contributed by atoms with E-state index >= 15 is 0 Å². The van der Waals surface area contributed by atoms with Gasteiger partial charge in [0, 0.05) is 51.0 Å². The summed E-state index contributed by atoms with van der Waals surface area (Å²) in [5, 5.41) is 10.5. The van der Waals surface area contributed by atoms with Crippen molar-refractivity contribution in [2.45, 2.75) is 13.0 Å². The highest BCUT2D eigenvalue weighted by atomic mass is 35.5. The van der Waals surface area contributed by atoms with E-state index in [2.05, 4.69) is 4.90 Å². The molecule has 0 fully saturated rings. The van der Waals surface area contributed by atoms with Gasteiger partial charge in [-0.15, -0.1) is 0 Å². The molecule has 19 heavy (non-hydrogen) atoms. The monoisotopic (exact) mass is 287 g/mol. The third-order valence-electron chi connectivity index (χ3n) is 2.87. The molecule has 1 aromatic rings. The molecule has 1 aromatic carbocycles. The van der Waals surface area contributed by atoms with Crippen LogP contribution in [0.1, 0.15) is 12.0 Å². The molecular formula is C14H22ClNO3. The fourth-order valence-corrected chi connectivity index (χ4v) is 2.04. The fraction of sp³-hybridized carbons (Fsp3) is 0.571. The van der Waals surface area contributed by atoms with Gasteiger partial charge in [0.2, 0.25) is 0 Å². The molecule has 4 nitrogen and oxygen atoms in total. The maximum atomic E-state index is 9.84. The first-order chi connectivity index (χ1) is 9.17. The Hall–Kier alpha value is -0.810. The Bertz CT molecular complexity index is 374. The number of benzene rings is 1. The molecule has 0 aliphatic rings. The summed E-state index contributed by atoms with van der Waals surface area (Å²) in [4.78, 5) is 2.22. The van der Waals surface area contributed by atoms with Crippen LogP contribution in [0.25, 0.3) is 0 Å². The lowest BCUT2D eigenvalue weighted by Gasteiger charge is -2.22. The van der Waals surface area contributed by atoms with Gasteiger partial charge in [-0.2, -0.15) is 0 Å². The van der Waals surface area contributed by atoms with Gasteiger partial charge in [-0.3, -0.25) is 4.90 Å². The van der Waals surface area contributed by atoms with Crippen LogP contribution >= 0.6 is 11.6 Å². The van der Waals surface area contributed by atoms with Crippen molar-refractivity contribution in [3.05, 3.63) is 28.8 Å². The number of phenols is 1. The Morgan fingerprint density at radius 3 is 2.58 bits per heavy atom. The van der Waals surface area contributed by atoms with E-state index in [0.717, 1.165) is 31.7 Å². The fourth-order valence-electron chi connectivity index (χ4n) is 1.84. The number of halogens is 1. The summed E-state index contributed by atoms with van der Waals surface area (Å²) < 4.78 is 10.2. The molecule has 0 spiro atoms. The predicted molar refractivity (Wildman–Crippen MR) is 76.8 cm³/mol. The van der Waals surface area contributed by atoms with Gasteiger partial charge < -0.3 is 14.6 Å². The van der Waals surface area contributed by atoms with E-state index in [-0.39, 0.29) is 5.75 Å². The quantitative estimate of drug-likeness (QED) is 0.709. The zero-order valence-corrected chi connectivity index (χ0v) is 12.3. The van der Waals surface area contributed by atoms with Crippen LogP contribution in [-0.4, -0.2) is 50.5 Å². The van der Waals surface area contributed by atoms with E-state index in [1.54, 1.807) is 32.4 Å². The Morgan fingerprint density at radius 1 is 1.16 bits per heavy atom. The van der Waals surface area contributed by atoms with E-state index in [4.69, 9.17) is 21.1 Å². The molecule has 0 aliphatic heterocycles. The topological polar surface area (TPSA) is 41.9 Å². The number of nitrogens with zero attached hydrogens (tertiary/aromatic N) is 1. The highest BCUT2D eigenvalue weighted by Crippen LogP contribution is 2.22. The second kappa shape index (κ2) is 9.15. The average molecular weight is 288 g/mol. The van der Waals surface area contributed by atoms with Gasteiger partial charge in [-0.25, -0.2) is 0 Å². The van der Waals surface area contributed by atoms with Gasteiger partial charge in [0.05, 0.1) is 6.61 Å². The SMILES string of the molecule is COCCCN(CCOC)Cc1cc(Cl)ccc1O. The molecule has 0 saturated heterocycles. The number of rotatable bonds is 9. The molecule has 0 aliphatic carbocycles. The van der Waals surface area contributed by atoms with Crippen molar-refractivity contribution in [1.29, 1.82) is 0 Å². The second-order valence-corrected chi connectivity index (χ2v) is 4.82. The molecule has 0 unspecified atom stereocenters. The number of ether oxygens (including phenoxy) is 2. The minimum atomic E-state index is 0.276. The highest BCUT2D eigenvalue weighted by Gasteiger charge is 2.09. The van der Waals surface area contributed by atoms with E-state index < -0.39 is 0 Å². The molecule has 108 valence electrons. The van der Waals surface area contributed by atoms with Crippen molar-refractivity contribution in [1.82, 2.24) is 4.90 Å². The first-order valence-electron chi connectivity index (χ1n) is 6.35. The number of hydrogen-bond donors (Lipinski definition) is 1. The molecule has 0 bridgehead atoms. The minimum absolute atomic E-state index is 0.276. The van der Waals surface area contributed by atoms with Crippen molar-refractivity contribution in [3.63, 3.8) is 0 Å². The van der Waals surface area contributed by atoms with Gasteiger partial charge in [-0.05, 0) is 24.6 Å². The van der Waals surface area contributed by atoms with Gasteiger partial charge in [-0.1, -0.05) is 11.6 Å². The van der Waals surface area contributed by atoms with Crippen molar-refractivity contribution in [2.24, 2.45) is 0 Å². The standard InChI is InChI=1S/C14H22ClNO3/c1-18-8-3-6-16(7-9-19-2)11-12-10-13(15)4-5-14(12)17/h4-5,10,17H,3,6-9,11H2,1-2H3. The Labute approximate surface area is 119 Å². The average Bonchev–Trinajstić information content (AvgIpc) is 2.40. The molecule has 0 aromatic heterocycles. The molecule has 0 radical (unpaired) electrons. The Balaban J connectivity index is 2.61. The van der Waals surface area contributed by atoms with E-state index in [0.29, 0.717) is 18.2 Å². The molecule has 0 saturated carbocycles. The second-order valence-electron chi connectivity index (χ2n) is 4.39. The summed E-state index contributed by atoms with van der Waals surface area (Å²) >= 11 is 5.96. The van der Waals surface area contributed by atoms with Gasteiger partial charge in [0.25, 0.3) is 0 Å². The maximum absolute atomic E-state index is 9.84. The smallest absolute Gasteiger partial charge is 0.120 e. The molecule has 0 atom stereocenters. The van der Waals surface area contributed by atoms with Gasteiger partial charge in [0.1, 0.15) is 5.75 Å². The lowest BCUT2D eigenvalue weighted by molar-refractivity contribution is 0.128. The molecular weight excluding hydrogens is 266 g/mol. The summed E-state index contributed by atoms with van der Waals surface area (Å²) in [5.74, 6) is 0.276. The van der Waals surface area contributed by atoms with Crippen LogP contribution in [0, 0.1) is 0 Å². The van der Waals surface area contributed by atoms with Crippen LogP contribution in [0.4, 0.5) is 0 Å². The third kappa shape index (κ3) is 6.25. The largest absolute Gasteiger partial charge is 0.508 e. The van der Waals surface area contributed by atoms with Crippen LogP contribution in [0.5, 0.6) is 5.75 Å². The van der Waals surface area contributed by atoms with Crippen molar-refractivity contribution < 1.29 is 14.6 Å². The van der Waals surface area contributed by atoms with Gasteiger partial charge >= 0.3 is 0 Å². The van der Waals surface area contributed by atoms with E-state index in [1.807, 2.05) is 0 Å². The Morgan fingerprint density at radius 2 is 1.89 bits per heavy atom. The maximum Gasteiger partial charge on any atom is 0.120 e. The zero-order chi connectivity index (χ0) is 14.1. The van der Waals surface area contributed by atoms with Gasteiger partial charge in [0.15, 0.2) is 0 Å². The summed E-state index contributed by atoms with van der Waals surface area (Å²) in [7, 11) is 3.38. The normalized spacial score (nSPS) is 11.2. The van der Waals surface area contributed by atoms with Crippen LogP contribution in [-0.2, 0) is 16.0 Å². The summed E-state index contributed by atoms with van der Waals surface area (Å²) in [6.45, 7) is 3.74. The van der Waals surface area contributed by atoms with Crippen LogP contribution in [0.2, 0.25) is 5.02 Å². The Kier molecular flexibility index (Phi) is 7.82. The lowest BCUT2D eigenvalue weighted by atomic mass is 10.2. The predicted octanol–water partition coefficient (Wildman–Crippen LogP) is 2.53. The number of hydrogen-bond acceptors (Lipinski definition) is 4. The highest BCUT2D eigenvalue weighted by molar-refractivity contribution is 6.30. The number of methoxy groups -OCH3 is 2. The molecule has 1 rings (SSSR count). The van der Waals surface area contributed by atoms with Crippen LogP contribution in [0.15, 0.2) is 18.2 Å². The molecule has 0 heterocycles. The van der Waals surface area contributed by atoms with Crippen LogP contribution in [0.3, 0.4) is 0 Å². The van der Waals surface area contributed by atoms with Crippen molar-refractivity contribution in [3.8, 4) is 5.75 Å². The van der Waals surface area contributed by atoms with E-state index in [9.17, 15) is 5.11 Å². The molecule has 1 N–H and O–H groups in total. The zero-order valence-electron chi connectivity index (χ0n) is 11.6. The summed E-state index contributed by atoms with van der Waals surface area (Å²) in [6, 6.07) is 5.11. The summed E-state index contributed by atoms with van der Waals surface area (Å²) in [5.41, 5.74) is 0.834. The minimum Gasteiger partial charge on any atom is -0.508 e. The number of phenolic OH excluding ortho intramolecular Hbond substituents is 1. The lowest BCUT2D eigenvalue weighted by Crippen LogP contribution is -2.28. The molecule has 5 heteroatoms. The summed E-state index contributed by atoms with van der Waals surface area (Å²) in [6.07, 6.45) is 0.946. The first-order valence-corrected chi connectivity index (χ1v) is 6.72. The van der Waals surface area contributed by atoms with E-state index in [1.165, 1.54) is 0 Å². The molecule has 0 amide bonds. The van der Waals surface area contributed by atoms with Crippen LogP contribution < -0.4 is 0 Å². The van der Waals surface area contributed by atoms with Crippen molar-refractivity contribution in [2.75, 3.05) is 40.5 Å². The number of aromatic hydroxyl groups is 1. The third-order valence-corrected chi connectivity index (χ3v) is 3.11. The first kappa shape index (κ1) is 16.2.